The number of nitrogens with zero attached hydrogens (tertiary/aromatic N) is 3. The predicted octanol–water partition coefficient (Wildman–Crippen LogP) is -0.200. The molecule has 0 aliphatic rings. The van der Waals surface area contributed by atoms with Gasteiger partial charge in [-0.3, -0.25) is 5.32 Å². The molecule has 1 aromatic heterocycles. The predicted molar refractivity (Wildman–Crippen MR) is 54.9 cm³/mol. The molecule has 0 saturated carbocycles. The second-order valence-corrected chi connectivity index (χ2v) is 3.10. The molecule has 0 spiro atoms. The van der Waals surface area contributed by atoms with Crippen LogP contribution in [-0.4, -0.2) is 37.9 Å². The van der Waals surface area contributed by atoms with Gasteiger partial charge in [0, 0.05) is 7.05 Å². The van der Waals surface area contributed by atoms with Crippen LogP contribution in [0.2, 0.25) is 0 Å². The van der Waals surface area contributed by atoms with Crippen molar-refractivity contribution in [2.24, 2.45) is 7.05 Å². The third kappa shape index (κ3) is 2.94. The fourth-order valence-electron chi connectivity index (χ4n) is 1.04. The van der Waals surface area contributed by atoms with Gasteiger partial charge in [0.1, 0.15) is 12.4 Å². The lowest BCUT2D eigenvalue weighted by molar-refractivity contribution is -0.139. The van der Waals surface area contributed by atoms with E-state index in [1.165, 1.54) is 11.0 Å². The van der Waals surface area contributed by atoms with Crippen molar-refractivity contribution in [3.05, 3.63) is 6.33 Å². The van der Waals surface area contributed by atoms with E-state index in [2.05, 4.69) is 20.7 Å². The van der Waals surface area contributed by atoms with Gasteiger partial charge in [-0.25, -0.2) is 14.3 Å². The normalized spacial score (nSPS) is 11.9. The zero-order valence-electron chi connectivity index (χ0n) is 8.97. The molecule has 0 fully saturated rings. The van der Waals surface area contributed by atoms with E-state index in [4.69, 9.17) is 5.11 Å². The summed E-state index contributed by atoms with van der Waals surface area (Å²) in [5.74, 6) is -0.826. The van der Waals surface area contributed by atoms with Crippen molar-refractivity contribution in [3.8, 4) is 0 Å². The molecule has 1 heterocycles. The third-order valence-electron chi connectivity index (χ3n) is 1.95. The first kappa shape index (κ1) is 12.0. The summed E-state index contributed by atoms with van der Waals surface area (Å²) >= 11 is 0. The molecular weight excluding hydrogens is 214 g/mol. The standard InChI is InChI=1S/C8H13N5O3/c1-3-5(6(14)15)11-8(16)12-7-9-4-10-13(7)2/h4-5H,3H2,1-2H3,(H,14,15)(H2,9,10,11,12,16). The van der Waals surface area contributed by atoms with E-state index in [0.717, 1.165) is 0 Å². The van der Waals surface area contributed by atoms with Crippen molar-refractivity contribution in [2.75, 3.05) is 5.32 Å². The maximum Gasteiger partial charge on any atom is 0.326 e. The fraction of sp³-hybridized carbons (Fsp3) is 0.500. The number of carboxylic acids is 1. The van der Waals surface area contributed by atoms with Crippen molar-refractivity contribution < 1.29 is 14.7 Å². The number of amides is 2. The number of hydrogen-bond acceptors (Lipinski definition) is 4. The number of carboxylic acid groups (broad SMARTS) is 1. The molecule has 1 rings (SSSR count). The largest absolute Gasteiger partial charge is 0.480 e. The monoisotopic (exact) mass is 227 g/mol. The first-order chi connectivity index (χ1) is 7.54. The summed E-state index contributed by atoms with van der Waals surface area (Å²) in [6.45, 7) is 1.67. The van der Waals surface area contributed by atoms with Gasteiger partial charge in [-0.15, -0.1) is 0 Å². The number of aliphatic carboxylic acids is 1. The average Bonchev–Trinajstić information content (AvgIpc) is 2.60. The minimum absolute atomic E-state index is 0.248. The molecule has 0 aliphatic heterocycles. The van der Waals surface area contributed by atoms with Crippen LogP contribution in [0, 0.1) is 0 Å². The molecule has 0 radical (unpaired) electrons. The van der Waals surface area contributed by atoms with Crippen LogP contribution in [0.15, 0.2) is 6.33 Å². The summed E-state index contributed by atoms with van der Waals surface area (Å²) in [7, 11) is 1.61. The van der Waals surface area contributed by atoms with Gasteiger partial charge in [-0.1, -0.05) is 6.92 Å². The van der Waals surface area contributed by atoms with Gasteiger partial charge < -0.3 is 10.4 Å². The summed E-state index contributed by atoms with van der Waals surface area (Å²) < 4.78 is 1.36. The molecule has 88 valence electrons. The van der Waals surface area contributed by atoms with E-state index in [9.17, 15) is 9.59 Å². The molecule has 3 N–H and O–H groups in total. The summed E-state index contributed by atoms with van der Waals surface area (Å²) in [6, 6.07) is -1.53. The van der Waals surface area contributed by atoms with E-state index in [1.54, 1.807) is 14.0 Å². The first-order valence-electron chi connectivity index (χ1n) is 4.69. The van der Waals surface area contributed by atoms with Gasteiger partial charge in [0.15, 0.2) is 0 Å². The molecule has 0 saturated heterocycles. The Morgan fingerprint density at radius 1 is 1.62 bits per heavy atom. The Morgan fingerprint density at radius 2 is 2.31 bits per heavy atom. The van der Waals surface area contributed by atoms with Crippen molar-refractivity contribution in [2.45, 2.75) is 19.4 Å². The zero-order valence-corrected chi connectivity index (χ0v) is 8.97. The Kier molecular flexibility index (Phi) is 3.81. The number of aromatic nitrogens is 3. The second-order valence-electron chi connectivity index (χ2n) is 3.10. The third-order valence-corrected chi connectivity index (χ3v) is 1.95. The summed E-state index contributed by atoms with van der Waals surface area (Å²) in [5.41, 5.74) is 0. The van der Waals surface area contributed by atoms with E-state index in [1.807, 2.05) is 0 Å². The smallest absolute Gasteiger partial charge is 0.326 e. The average molecular weight is 227 g/mol. The Balaban J connectivity index is 2.54. The molecule has 0 aliphatic carbocycles. The molecule has 1 unspecified atom stereocenters. The SMILES string of the molecule is CCC(NC(=O)Nc1ncnn1C)C(=O)O. The van der Waals surface area contributed by atoms with Crippen LogP contribution in [0.5, 0.6) is 0 Å². The molecule has 0 aromatic carbocycles. The quantitative estimate of drug-likeness (QED) is 0.660. The summed E-state index contributed by atoms with van der Waals surface area (Å²) in [6.07, 6.45) is 1.59. The van der Waals surface area contributed by atoms with Gasteiger partial charge in [-0.05, 0) is 6.42 Å². The minimum Gasteiger partial charge on any atom is -0.480 e. The molecule has 1 aromatic rings. The molecule has 2 amide bonds. The first-order valence-corrected chi connectivity index (χ1v) is 4.69. The number of carbonyl (C=O) groups is 2. The number of urea groups is 1. The van der Waals surface area contributed by atoms with Gasteiger partial charge in [-0.2, -0.15) is 10.1 Å². The number of carbonyl (C=O) groups excluding carboxylic acids is 1. The van der Waals surface area contributed by atoms with Gasteiger partial charge in [0.05, 0.1) is 0 Å². The Bertz CT molecular complexity index is 389. The molecule has 8 nitrogen and oxygen atoms in total. The van der Waals surface area contributed by atoms with Crippen LogP contribution in [0.3, 0.4) is 0 Å². The van der Waals surface area contributed by atoms with Crippen LogP contribution < -0.4 is 10.6 Å². The number of aryl methyl sites for hydroxylation is 1. The lowest BCUT2D eigenvalue weighted by Crippen LogP contribution is -2.42. The topological polar surface area (TPSA) is 109 Å². The van der Waals surface area contributed by atoms with E-state index in [-0.39, 0.29) is 5.95 Å². The van der Waals surface area contributed by atoms with E-state index < -0.39 is 18.0 Å². The fourth-order valence-corrected chi connectivity index (χ4v) is 1.04. The Hall–Kier alpha value is -2.12. The lowest BCUT2D eigenvalue weighted by Gasteiger charge is -2.12. The lowest BCUT2D eigenvalue weighted by atomic mass is 10.2. The second kappa shape index (κ2) is 5.10. The van der Waals surface area contributed by atoms with Gasteiger partial charge in [0.25, 0.3) is 0 Å². The van der Waals surface area contributed by atoms with Crippen molar-refractivity contribution >= 4 is 17.9 Å². The van der Waals surface area contributed by atoms with Gasteiger partial charge in [0.2, 0.25) is 5.95 Å². The zero-order chi connectivity index (χ0) is 12.1. The number of hydrogen-bond donors (Lipinski definition) is 3. The Labute approximate surface area is 91.7 Å². The van der Waals surface area contributed by atoms with E-state index in [0.29, 0.717) is 6.42 Å². The molecular formula is C8H13N5O3. The molecule has 8 heteroatoms. The van der Waals surface area contributed by atoms with Crippen LogP contribution in [0.25, 0.3) is 0 Å². The number of anilines is 1. The maximum atomic E-state index is 11.4. The maximum absolute atomic E-state index is 11.4. The highest BCUT2D eigenvalue weighted by atomic mass is 16.4. The van der Waals surface area contributed by atoms with Crippen molar-refractivity contribution in [1.29, 1.82) is 0 Å². The summed E-state index contributed by atoms with van der Waals surface area (Å²) in [4.78, 5) is 25.8. The number of nitrogens with one attached hydrogen (secondary N) is 2. The van der Waals surface area contributed by atoms with Crippen LogP contribution in [-0.2, 0) is 11.8 Å². The summed E-state index contributed by atoms with van der Waals surface area (Å²) in [5, 5.41) is 17.2. The van der Waals surface area contributed by atoms with Gasteiger partial charge >= 0.3 is 12.0 Å². The molecule has 1 atom stereocenters. The highest BCUT2D eigenvalue weighted by molar-refractivity contribution is 5.90. The van der Waals surface area contributed by atoms with Crippen molar-refractivity contribution in [1.82, 2.24) is 20.1 Å². The molecule has 0 bridgehead atoms. The van der Waals surface area contributed by atoms with Crippen molar-refractivity contribution in [3.63, 3.8) is 0 Å². The van der Waals surface area contributed by atoms with Crippen LogP contribution in [0.4, 0.5) is 10.7 Å². The number of rotatable bonds is 4. The van der Waals surface area contributed by atoms with E-state index >= 15 is 0 Å². The molecule has 16 heavy (non-hydrogen) atoms. The highest BCUT2D eigenvalue weighted by Crippen LogP contribution is 1.98. The Morgan fingerprint density at radius 3 is 2.75 bits per heavy atom. The van der Waals surface area contributed by atoms with Crippen LogP contribution in [0.1, 0.15) is 13.3 Å². The highest BCUT2D eigenvalue weighted by Gasteiger charge is 2.18. The van der Waals surface area contributed by atoms with Crippen LogP contribution >= 0.6 is 0 Å². The minimum atomic E-state index is -1.07.